The SMILES string of the molecule is COc1ccc(C2(C)CC(C)(C)N(C(C)=O)c3cc(OC)c(N)c(OC)c32)cc1. The zero-order chi connectivity index (χ0) is 21.6. The highest BCUT2D eigenvalue weighted by Crippen LogP contribution is 2.57. The van der Waals surface area contributed by atoms with Crippen LogP contribution in [0.15, 0.2) is 30.3 Å². The molecule has 1 amide bonds. The second-order valence-corrected chi connectivity index (χ2v) is 8.32. The lowest BCUT2D eigenvalue weighted by molar-refractivity contribution is -0.117. The van der Waals surface area contributed by atoms with Gasteiger partial charge in [-0.15, -0.1) is 0 Å². The summed E-state index contributed by atoms with van der Waals surface area (Å²) in [5.74, 6) is 1.78. The van der Waals surface area contributed by atoms with E-state index in [0.29, 0.717) is 23.6 Å². The summed E-state index contributed by atoms with van der Waals surface area (Å²) in [6, 6.07) is 9.86. The van der Waals surface area contributed by atoms with Crippen LogP contribution in [-0.2, 0) is 10.2 Å². The van der Waals surface area contributed by atoms with Crippen molar-refractivity contribution in [2.75, 3.05) is 32.0 Å². The summed E-state index contributed by atoms with van der Waals surface area (Å²) in [6.07, 6.45) is 0.695. The van der Waals surface area contributed by atoms with E-state index >= 15 is 0 Å². The summed E-state index contributed by atoms with van der Waals surface area (Å²) in [5, 5.41) is 0. The highest BCUT2D eigenvalue weighted by Gasteiger charge is 2.49. The number of fused-ring (bicyclic) bond motifs is 1. The van der Waals surface area contributed by atoms with Crippen molar-refractivity contribution in [1.29, 1.82) is 0 Å². The van der Waals surface area contributed by atoms with Gasteiger partial charge in [0, 0.05) is 29.5 Å². The van der Waals surface area contributed by atoms with Gasteiger partial charge in [-0.05, 0) is 38.0 Å². The van der Waals surface area contributed by atoms with Crippen LogP contribution in [0, 0.1) is 0 Å². The number of nitrogens with zero attached hydrogens (tertiary/aromatic N) is 1. The molecule has 1 unspecified atom stereocenters. The van der Waals surface area contributed by atoms with Gasteiger partial charge in [0.25, 0.3) is 0 Å². The first-order valence-electron chi connectivity index (χ1n) is 9.61. The van der Waals surface area contributed by atoms with Crippen molar-refractivity contribution in [2.24, 2.45) is 0 Å². The molecule has 0 aliphatic carbocycles. The Bertz CT molecular complexity index is 937. The summed E-state index contributed by atoms with van der Waals surface area (Å²) in [5.41, 5.74) is 8.69. The first-order valence-corrected chi connectivity index (χ1v) is 9.61. The molecule has 2 aromatic carbocycles. The van der Waals surface area contributed by atoms with E-state index in [9.17, 15) is 4.79 Å². The molecule has 1 aliphatic heterocycles. The summed E-state index contributed by atoms with van der Waals surface area (Å²) in [7, 11) is 4.81. The van der Waals surface area contributed by atoms with Gasteiger partial charge in [-0.1, -0.05) is 19.1 Å². The van der Waals surface area contributed by atoms with E-state index < -0.39 is 11.0 Å². The fourth-order valence-corrected chi connectivity index (χ4v) is 4.89. The van der Waals surface area contributed by atoms with Gasteiger partial charge < -0.3 is 24.8 Å². The molecule has 2 N–H and O–H groups in total. The number of hydrogen-bond acceptors (Lipinski definition) is 5. The largest absolute Gasteiger partial charge is 0.497 e. The van der Waals surface area contributed by atoms with Crippen molar-refractivity contribution in [3.63, 3.8) is 0 Å². The molecule has 6 heteroatoms. The van der Waals surface area contributed by atoms with E-state index in [-0.39, 0.29) is 5.91 Å². The van der Waals surface area contributed by atoms with E-state index in [1.807, 2.05) is 23.1 Å². The molecule has 0 radical (unpaired) electrons. The maximum atomic E-state index is 12.7. The van der Waals surface area contributed by atoms with Gasteiger partial charge in [0.1, 0.15) is 17.2 Å². The number of methoxy groups -OCH3 is 3. The van der Waals surface area contributed by atoms with Crippen LogP contribution >= 0.6 is 0 Å². The minimum Gasteiger partial charge on any atom is -0.497 e. The Morgan fingerprint density at radius 2 is 1.66 bits per heavy atom. The number of nitrogen functional groups attached to an aromatic ring is 1. The van der Waals surface area contributed by atoms with Crippen molar-refractivity contribution in [3.8, 4) is 17.2 Å². The van der Waals surface area contributed by atoms with Crippen molar-refractivity contribution in [3.05, 3.63) is 41.5 Å². The van der Waals surface area contributed by atoms with Gasteiger partial charge in [-0.3, -0.25) is 4.79 Å². The Morgan fingerprint density at radius 3 is 2.14 bits per heavy atom. The normalized spacial score (nSPS) is 20.0. The number of hydrogen-bond donors (Lipinski definition) is 1. The minimum atomic E-state index is -0.442. The first kappa shape index (κ1) is 20.8. The quantitative estimate of drug-likeness (QED) is 0.784. The van der Waals surface area contributed by atoms with Crippen LogP contribution in [0.5, 0.6) is 17.2 Å². The molecule has 0 aromatic heterocycles. The van der Waals surface area contributed by atoms with Gasteiger partial charge in [-0.25, -0.2) is 0 Å². The van der Waals surface area contributed by atoms with Gasteiger partial charge in [0.2, 0.25) is 5.91 Å². The highest BCUT2D eigenvalue weighted by molar-refractivity contribution is 5.97. The fraction of sp³-hybridized carbons (Fsp3) is 0.435. The number of nitrogens with two attached hydrogens (primary N) is 1. The number of rotatable bonds is 4. The fourth-order valence-electron chi connectivity index (χ4n) is 4.89. The van der Waals surface area contributed by atoms with Crippen molar-refractivity contribution in [2.45, 2.75) is 45.1 Å². The Balaban J connectivity index is 2.40. The van der Waals surface area contributed by atoms with Gasteiger partial charge in [0.05, 0.1) is 27.0 Å². The van der Waals surface area contributed by atoms with Crippen molar-refractivity contribution >= 4 is 17.3 Å². The van der Waals surface area contributed by atoms with Crippen LogP contribution in [0.1, 0.15) is 45.2 Å². The molecule has 29 heavy (non-hydrogen) atoms. The molecular formula is C23H30N2O4. The number of anilines is 2. The van der Waals surface area contributed by atoms with E-state index in [1.54, 1.807) is 28.3 Å². The molecule has 1 atom stereocenters. The van der Waals surface area contributed by atoms with Crippen LogP contribution in [-0.4, -0.2) is 32.8 Å². The lowest BCUT2D eigenvalue weighted by atomic mass is 9.64. The number of ether oxygens (including phenoxy) is 3. The number of carbonyl (C=O) groups excluding carboxylic acids is 1. The average Bonchev–Trinajstić information content (AvgIpc) is 2.67. The molecule has 0 spiro atoms. The summed E-state index contributed by atoms with van der Waals surface area (Å²) in [4.78, 5) is 14.5. The molecule has 0 saturated carbocycles. The van der Waals surface area contributed by atoms with Crippen LogP contribution < -0.4 is 24.8 Å². The molecule has 1 aliphatic rings. The Morgan fingerprint density at radius 1 is 1.03 bits per heavy atom. The van der Waals surface area contributed by atoms with E-state index in [0.717, 1.165) is 22.6 Å². The lowest BCUT2D eigenvalue weighted by Gasteiger charge is -2.51. The van der Waals surface area contributed by atoms with Gasteiger partial charge in [-0.2, -0.15) is 0 Å². The average molecular weight is 399 g/mol. The van der Waals surface area contributed by atoms with Crippen molar-refractivity contribution < 1.29 is 19.0 Å². The Labute approximate surface area is 172 Å². The highest BCUT2D eigenvalue weighted by atomic mass is 16.5. The second-order valence-electron chi connectivity index (χ2n) is 8.32. The topological polar surface area (TPSA) is 74.0 Å². The molecule has 6 nitrogen and oxygen atoms in total. The Hall–Kier alpha value is -2.89. The molecule has 156 valence electrons. The number of carbonyl (C=O) groups is 1. The van der Waals surface area contributed by atoms with E-state index in [1.165, 1.54) is 0 Å². The molecule has 0 saturated heterocycles. The van der Waals surface area contributed by atoms with E-state index in [2.05, 4.69) is 32.9 Å². The zero-order valence-electron chi connectivity index (χ0n) is 18.3. The third-order valence-electron chi connectivity index (χ3n) is 5.91. The summed E-state index contributed by atoms with van der Waals surface area (Å²) >= 11 is 0. The predicted octanol–water partition coefficient (Wildman–Crippen LogP) is 4.14. The molecule has 0 fully saturated rings. The number of benzene rings is 2. The van der Waals surface area contributed by atoms with Crippen molar-refractivity contribution in [1.82, 2.24) is 0 Å². The van der Waals surface area contributed by atoms with Gasteiger partial charge in [0.15, 0.2) is 5.75 Å². The summed E-state index contributed by atoms with van der Waals surface area (Å²) in [6.45, 7) is 7.90. The van der Waals surface area contributed by atoms with Crippen LogP contribution in [0.4, 0.5) is 11.4 Å². The minimum absolute atomic E-state index is 0.0399. The van der Waals surface area contributed by atoms with E-state index in [4.69, 9.17) is 19.9 Å². The third kappa shape index (κ3) is 3.16. The van der Waals surface area contributed by atoms with Crippen LogP contribution in [0.25, 0.3) is 0 Å². The standard InChI is InChI=1S/C23H30N2O4/c1-14(26)25-17-12-18(28-6)20(24)21(29-7)19(17)23(4,13-22(25,2)3)15-8-10-16(27-5)11-9-15/h8-12H,13,24H2,1-7H3. The second kappa shape index (κ2) is 7.17. The van der Waals surface area contributed by atoms with Crippen LogP contribution in [0.2, 0.25) is 0 Å². The molecule has 0 bridgehead atoms. The molecule has 3 rings (SSSR count). The lowest BCUT2D eigenvalue weighted by Crippen LogP contribution is -2.55. The van der Waals surface area contributed by atoms with Gasteiger partial charge >= 0.3 is 0 Å². The monoisotopic (exact) mass is 398 g/mol. The smallest absolute Gasteiger partial charge is 0.224 e. The zero-order valence-corrected chi connectivity index (χ0v) is 18.3. The third-order valence-corrected chi connectivity index (χ3v) is 5.91. The predicted molar refractivity (Wildman–Crippen MR) is 115 cm³/mol. The van der Waals surface area contributed by atoms with Crippen LogP contribution in [0.3, 0.4) is 0 Å². The molecule has 2 aromatic rings. The maximum Gasteiger partial charge on any atom is 0.224 e. The first-order chi connectivity index (χ1) is 13.6. The number of amides is 1. The Kier molecular flexibility index (Phi) is 5.15. The maximum absolute atomic E-state index is 12.7. The summed E-state index contributed by atoms with van der Waals surface area (Å²) < 4.78 is 16.6. The molecule has 1 heterocycles. The molecular weight excluding hydrogens is 368 g/mol.